The van der Waals surface area contributed by atoms with E-state index < -0.39 is 0 Å². The van der Waals surface area contributed by atoms with E-state index in [1.165, 1.54) is 44.9 Å². The van der Waals surface area contributed by atoms with Gasteiger partial charge in [0.25, 0.3) is 0 Å². The molecule has 1 saturated carbocycles. The van der Waals surface area contributed by atoms with Crippen molar-refractivity contribution in [2.45, 2.75) is 70.2 Å². The summed E-state index contributed by atoms with van der Waals surface area (Å²) in [6, 6.07) is 0. The fraction of sp³-hybridized carbons (Fsp3) is 0.857. The van der Waals surface area contributed by atoms with Gasteiger partial charge in [0.15, 0.2) is 6.29 Å². The Balaban J connectivity index is 1.60. The molecule has 0 N–H and O–H groups in total. The van der Waals surface area contributed by atoms with Crippen molar-refractivity contribution >= 4 is 0 Å². The molecule has 0 bridgehead atoms. The molecule has 2 heteroatoms. The van der Waals surface area contributed by atoms with E-state index in [0.29, 0.717) is 0 Å². The van der Waals surface area contributed by atoms with Gasteiger partial charge in [0.05, 0.1) is 5.60 Å². The second kappa shape index (κ2) is 5.83. The number of unbranched alkanes of at least 4 members (excludes halogenated alkanes) is 2. The molecule has 0 aromatic rings. The van der Waals surface area contributed by atoms with E-state index in [1.807, 2.05) is 0 Å². The van der Waals surface area contributed by atoms with E-state index >= 15 is 0 Å². The molecule has 0 spiro atoms. The van der Waals surface area contributed by atoms with Gasteiger partial charge in [-0.15, -0.1) is 0 Å². The summed E-state index contributed by atoms with van der Waals surface area (Å²) in [6.07, 6.45) is 14.3. The number of hydrogen-bond donors (Lipinski definition) is 0. The summed E-state index contributed by atoms with van der Waals surface area (Å²) in [4.78, 5) is 0. The summed E-state index contributed by atoms with van der Waals surface area (Å²) < 4.78 is 11.6. The molecule has 1 heterocycles. The molecule has 0 amide bonds. The van der Waals surface area contributed by atoms with Crippen LogP contribution in [0.3, 0.4) is 0 Å². The number of allylic oxidation sites excluding steroid dienone is 2. The van der Waals surface area contributed by atoms with E-state index in [-0.39, 0.29) is 11.9 Å². The normalized spacial score (nSPS) is 27.7. The summed E-state index contributed by atoms with van der Waals surface area (Å²) in [6.45, 7) is 2.98. The summed E-state index contributed by atoms with van der Waals surface area (Å²) in [5.41, 5.74) is 0.213. The molecule has 1 atom stereocenters. The van der Waals surface area contributed by atoms with E-state index in [0.717, 1.165) is 13.0 Å². The van der Waals surface area contributed by atoms with Gasteiger partial charge in [0.1, 0.15) is 0 Å². The molecule has 2 rings (SSSR count). The molecule has 2 nitrogen and oxygen atoms in total. The third-order valence-electron chi connectivity index (χ3n) is 3.57. The predicted molar refractivity (Wildman–Crippen MR) is 65.3 cm³/mol. The zero-order valence-corrected chi connectivity index (χ0v) is 10.4. The predicted octanol–water partition coefficient (Wildman–Crippen LogP) is 3.81. The molecule has 1 aliphatic heterocycles. The molecular formula is C14H24O2. The number of hydrogen-bond acceptors (Lipinski definition) is 2. The monoisotopic (exact) mass is 224 g/mol. The van der Waals surface area contributed by atoms with Crippen LogP contribution >= 0.6 is 0 Å². The Labute approximate surface area is 99.0 Å². The molecule has 0 aromatic heterocycles. The van der Waals surface area contributed by atoms with Crippen LogP contribution in [0.5, 0.6) is 0 Å². The lowest BCUT2D eigenvalue weighted by molar-refractivity contribution is -0.157. The maximum atomic E-state index is 6.08. The minimum absolute atomic E-state index is 0.109. The zero-order valence-electron chi connectivity index (χ0n) is 10.4. The maximum Gasteiger partial charge on any atom is 0.158 e. The lowest BCUT2D eigenvalue weighted by atomic mass is 10.1. The van der Waals surface area contributed by atoms with E-state index in [4.69, 9.17) is 9.47 Å². The first kappa shape index (κ1) is 12.1. The molecule has 0 radical (unpaired) electrons. The van der Waals surface area contributed by atoms with Crippen molar-refractivity contribution in [1.29, 1.82) is 0 Å². The molecule has 1 unspecified atom stereocenters. The van der Waals surface area contributed by atoms with E-state index in [9.17, 15) is 0 Å². The Bertz CT molecular complexity index is 225. The van der Waals surface area contributed by atoms with Crippen molar-refractivity contribution < 1.29 is 9.47 Å². The van der Waals surface area contributed by atoms with Crippen molar-refractivity contribution in [2.24, 2.45) is 0 Å². The standard InChI is InChI=1S/C14H24O2/c1-2-3-4-5-6-9-14(10-11-14)16-13-8-7-12-15-13/h2-3,13H,4-12H2,1H3/b3-2+. The van der Waals surface area contributed by atoms with Gasteiger partial charge in [-0.2, -0.15) is 0 Å². The van der Waals surface area contributed by atoms with Gasteiger partial charge >= 0.3 is 0 Å². The van der Waals surface area contributed by atoms with Crippen LogP contribution in [0.4, 0.5) is 0 Å². The van der Waals surface area contributed by atoms with Gasteiger partial charge < -0.3 is 9.47 Å². The highest BCUT2D eigenvalue weighted by Crippen LogP contribution is 2.45. The Hall–Kier alpha value is -0.340. The van der Waals surface area contributed by atoms with Crippen LogP contribution in [-0.4, -0.2) is 18.5 Å². The molecule has 1 aliphatic carbocycles. The minimum atomic E-state index is 0.109. The highest BCUT2D eigenvalue weighted by molar-refractivity contribution is 4.96. The third kappa shape index (κ3) is 3.60. The van der Waals surface area contributed by atoms with E-state index in [2.05, 4.69) is 19.1 Å². The first-order valence-electron chi connectivity index (χ1n) is 6.75. The average Bonchev–Trinajstić information content (AvgIpc) is 2.84. The quantitative estimate of drug-likeness (QED) is 0.483. The Morgan fingerprint density at radius 1 is 1.38 bits per heavy atom. The number of ether oxygens (including phenoxy) is 2. The van der Waals surface area contributed by atoms with Gasteiger partial charge in [-0.3, -0.25) is 0 Å². The van der Waals surface area contributed by atoms with Crippen molar-refractivity contribution in [2.75, 3.05) is 6.61 Å². The zero-order chi connectivity index (χ0) is 11.3. The highest BCUT2D eigenvalue weighted by atomic mass is 16.7. The summed E-state index contributed by atoms with van der Waals surface area (Å²) in [7, 11) is 0. The third-order valence-corrected chi connectivity index (χ3v) is 3.57. The molecule has 92 valence electrons. The topological polar surface area (TPSA) is 18.5 Å². The van der Waals surface area contributed by atoms with Crippen molar-refractivity contribution in [3.8, 4) is 0 Å². The van der Waals surface area contributed by atoms with Crippen molar-refractivity contribution in [3.05, 3.63) is 12.2 Å². The average molecular weight is 224 g/mol. The Morgan fingerprint density at radius 3 is 2.88 bits per heavy atom. The molecule has 2 aliphatic rings. The largest absolute Gasteiger partial charge is 0.353 e. The van der Waals surface area contributed by atoms with Gasteiger partial charge in [0.2, 0.25) is 0 Å². The van der Waals surface area contributed by atoms with Crippen molar-refractivity contribution in [1.82, 2.24) is 0 Å². The van der Waals surface area contributed by atoms with Gasteiger partial charge in [-0.25, -0.2) is 0 Å². The van der Waals surface area contributed by atoms with Crippen LogP contribution in [-0.2, 0) is 9.47 Å². The number of rotatable bonds is 7. The Morgan fingerprint density at radius 2 is 2.25 bits per heavy atom. The second-order valence-corrected chi connectivity index (χ2v) is 5.06. The summed E-state index contributed by atoms with van der Waals surface area (Å²) >= 11 is 0. The fourth-order valence-corrected chi connectivity index (χ4v) is 2.36. The first-order valence-corrected chi connectivity index (χ1v) is 6.75. The highest BCUT2D eigenvalue weighted by Gasteiger charge is 2.45. The van der Waals surface area contributed by atoms with Gasteiger partial charge in [-0.1, -0.05) is 18.6 Å². The van der Waals surface area contributed by atoms with Crippen LogP contribution in [0.15, 0.2) is 12.2 Å². The lowest BCUT2D eigenvalue weighted by Crippen LogP contribution is -2.22. The molecular weight excluding hydrogens is 200 g/mol. The van der Waals surface area contributed by atoms with Crippen LogP contribution in [0.2, 0.25) is 0 Å². The Kier molecular flexibility index (Phi) is 4.42. The molecule has 2 fully saturated rings. The maximum absolute atomic E-state index is 6.08. The van der Waals surface area contributed by atoms with Crippen LogP contribution in [0, 0.1) is 0 Å². The molecule has 16 heavy (non-hydrogen) atoms. The smallest absolute Gasteiger partial charge is 0.158 e. The summed E-state index contributed by atoms with van der Waals surface area (Å²) in [5.74, 6) is 0. The van der Waals surface area contributed by atoms with Crippen LogP contribution < -0.4 is 0 Å². The van der Waals surface area contributed by atoms with Crippen molar-refractivity contribution in [3.63, 3.8) is 0 Å². The molecule has 1 saturated heterocycles. The first-order chi connectivity index (χ1) is 7.85. The second-order valence-electron chi connectivity index (χ2n) is 5.06. The van der Waals surface area contributed by atoms with Gasteiger partial charge in [0, 0.05) is 13.0 Å². The fourth-order valence-electron chi connectivity index (χ4n) is 2.36. The minimum Gasteiger partial charge on any atom is -0.353 e. The molecule has 0 aromatic carbocycles. The van der Waals surface area contributed by atoms with E-state index in [1.54, 1.807) is 0 Å². The summed E-state index contributed by atoms with van der Waals surface area (Å²) in [5, 5.41) is 0. The van der Waals surface area contributed by atoms with Crippen LogP contribution in [0.25, 0.3) is 0 Å². The SMILES string of the molecule is C/C=C/CCCCC1(OC2CCCO2)CC1. The van der Waals surface area contributed by atoms with Crippen LogP contribution in [0.1, 0.15) is 58.3 Å². The van der Waals surface area contributed by atoms with Gasteiger partial charge in [-0.05, 0) is 45.4 Å². The lowest BCUT2D eigenvalue weighted by Gasteiger charge is -2.20.